The lowest BCUT2D eigenvalue weighted by Crippen LogP contribution is -2.32. The van der Waals surface area contributed by atoms with Crippen molar-refractivity contribution in [1.29, 1.82) is 0 Å². The van der Waals surface area contributed by atoms with Crippen LogP contribution in [0.4, 0.5) is 49.1 Å². The lowest BCUT2D eigenvalue weighted by atomic mass is 9.95. The average molecular weight is 882 g/mol. The van der Waals surface area contributed by atoms with Crippen LogP contribution in [-0.4, -0.2) is 45.4 Å². The minimum Gasteiger partial charge on any atom is -0.494 e. The molecule has 2 atom stereocenters. The number of carbonyl (C=O) groups excluding carboxylic acids is 1. The molecule has 16 heteroatoms. The molecule has 9 N–H and O–H groups in total. The number of nitrogens with two attached hydrogens (primary N) is 2. The van der Waals surface area contributed by atoms with Gasteiger partial charge in [0.1, 0.15) is 5.76 Å². The Morgan fingerprint density at radius 1 is 0.619 bits per heavy atom. The summed E-state index contributed by atoms with van der Waals surface area (Å²) >= 11 is 0. The van der Waals surface area contributed by atoms with E-state index in [0.717, 1.165) is 29.8 Å². The molecule has 0 aliphatic carbocycles. The van der Waals surface area contributed by atoms with Crippen LogP contribution in [0.3, 0.4) is 0 Å². The maximum Gasteiger partial charge on any atom is 0.416 e. The van der Waals surface area contributed by atoms with Gasteiger partial charge >= 0.3 is 18.3 Å². The molecule has 10 nitrogen and oxygen atoms in total. The minimum atomic E-state index is -4.55. The highest BCUT2D eigenvalue weighted by Crippen LogP contribution is 2.35. The summed E-state index contributed by atoms with van der Waals surface area (Å²) in [4.78, 5) is 13.5. The van der Waals surface area contributed by atoms with Crippen molar-refractivity contribution in [3.05, 3.63) is 154 Å². The van der Waals surface area contributed by atoms with Crippen LogP contribution >= 0.6 is 0 Å². The first-order valence-corrected chi connectivity index (χ1v) is 20.6. The third kappa shape index (κ3) is 15.1. The number of alkyl halides is 6. The maximum absolute atomic E-state index is 13.5. The first-order chi connectivity index (χ1) is 29.9. The average Bonchev–Trinajstić information content (AvgIpc) is 3.22. The molecule has 0 saturated carbocycles. The molecule has 0 spiro atoms. The molecule has 2 unspecified atom stereocenters. The zero-order chi connectivity index (χ0) is 46.2. The minimum absolute atomic E-state index is 0.0856. The highest BCUT2D eigenvalue weighted by molar-refractivity contribution is 5.91. The molecular formula is C47H57F6N7O3. The van der Waals surface area contributed by atoms with E-state index >= 15 is 0 Å². The number of halogens is 6. The summed E-state index contributed by atoms with van der Waals surface area (Å²) < 4.78 is 92.3. The number of allylic oxidation sites excluding steroid dienone is 2. The fourth-order valence-corrected chi connectivity index (χ4v) is 6.84. The molecule has 0 heterocycles. The Balaban J connectivity index is 1.44. The van der Waals surface area contributed by atoms with Gasteiger partial charge in [0, 0.05) is 39.7 Å². The molecule has 0 bridgehead atoms. The van der Waals surface area contributed by atoms with Crippen molar-refractivity contribution in [1.82, 2.24) is 16.0 Å². The van der Waals surface area contributed by atoms with Gasteiger partial charge in [-0.05, 0) is 139 Å². The lowest BCUT2D eigenvalue weighted by molar-refractivity contribution is -0.139. The summed E-state index contributed by atoms with van der Waals surface area (Å²) in [5.74, 6) is -0.273. The second-order valence-electron chi connectivity index (χ2n) is 14.6. The molecule has 0 saturated heterocycles. The highest BCUT2D eigenvalue weighted by atomic mass is 19.4. The van der Waals surface area contributed by atoms with Crippen molar-refractivity contribution >= 4 is 28.7 Å². The molecular weight excluding hydrogens is 825 g/mol. The van der Waals surface area contributed by atoms with Crippen molar-refractivity contribution in [2.75, 3.05) is 61.5 Å². The number of hydrogen-bond donors (Lipinski definition) is 7. The molecule has 0 amide bonds. The van der Waals surface area contributed by atoms with Gasteiger partial charge in [0.2, 0.25) is 0 Å². The Labute approximate surface area is 365 Å². The zero-order valence-corrected chi connectivity index (χ0v) is 35.9. The Kier molecular flexibility index (Phi) is 18.5. The van der Waals surface area contributed by atoms with Gasteiger partial charge < -0.3 is 47.5 Å². The fraction of sp³-hybridized carbons (Fsp3) is 0.340. The number of carbonyl (C=O) groups is 1. The summed E-state index contributed by atoms with van der Waals surface area (Å²) in [6.07, 6.45) is -7.72. The molecule has 63 heavy (non-hydrogen) atoms. The Morgan fingerprint density at radius 3 is 1.44 bits per heavy atom. The number of esters is 1. The zero-order valence-electron chi connectivity index (χ0n) is 35.9. The van der Waals surface area contributed by atoms with Crippen molar-refractivity contribution in [2.24, 2.45) is 0 Å². The maximum atomic E-state index is 13.5. The standard InChI is InChI=1S/C47H57F6N7O3/c1-6-62-32(5)41(30(3)59-39-14-8-12-35(28-39)46(48,49)50)43(33-16-20-37(54)21-17-33)57-26-10-24-56-25-11-27-58-44(34-18-22-38(55)23-19-34)42(45(61)63-7-2)31(4)60-40-15-9-13-36(29-40)47(51,52)53/h8-9,12-23,28-29,43-44,56-60H,5-7,10-11,24-27,54-55H2,1-4H3/b41-30-,42-31+. The largest absolute Gasteiger partial charge is 0.494 e. The predicted octanol–water partition coefficient (Wildman–Crippen LogP) is 10.1. The van der Waals surface area contributed by atoms with E-state index in [1.165, 1.54) is 18.2 Å². The SMILES string of the molecule is C=C(OCC)/C(=C(\C)Nc1cccc(C(F)(F)F)c1)C(NCCCNCCCNC(/C(C(=O)OCC)=C(/C)Nc1cccc(C(F)(F)F)c1)c1ccc(N)cc1)c1ccc(N)cc1. The van der Waals surface area contributed by atoms with E-state index in [2.05, 4.69) is 33.2 Å². The number of ether oxygens (including phenoxy) is 2. The van der Waals surface area contributed by atoms with Gasteiger partial charge in [0.15, 0.2) is 0 Å². The first-order valence-electron chi connectivity index (χ1n) is 20.6. The Morgan fingerprint density at radius 2 is 1.03 bits per heavy atom. The molecule has 4 aromatic carbocycles. The lowest BCUT2D eigenvalue weighted by Gasteiger charge is -2.27. The smallest absolute Gasteiger partial charge is 0.416 e. The summed E-state index contributed by atoms with van der Waals surface area (Å²) in [5, 5.41) is 16.6. The number of anilines is 4. The van der Waals surface area contributed by atoms with Gasteiger partial charge in [-0.15, -0.1) is 0 Å². The monoisotopic (exact) mass is 881 g/mol. The summed E-state index contributed by atoms with van der Waals surface area (Å²) in [7, 11) is 0. The van der Waals surface area contributed by atoms with E-state index in [4.69, 9.17) is 20.9 Å². The van der Waals surface area contributed by atoms with Crippen LogP contribution < -0.4 is 38.1 Å². The van der Waals surface area contributed by atoms with Crippen LogP contribution in [0, 0.1) is 0 Å². The van der Waals surface area contributed by atoms with Gasteiger partial charge in [0.05, 0.1) is 42.0 Å². The van der Waals surface area contributed by atoms with Crippen molar-refractivity contribution in [2.45, 2.75) is 65.0 Å². The van der Waals surface area contributed by atoms with E-state index < -0.39 is 41.5 Å². The molecule has 0 aliphatic rings. The summed E-state index contributed by atoms with van der Waals surface area (Å²) in [6.45, 7) is 13.7. The number of benzene rings is 4. The highest BCUT2D eigenvalue weighted by Gasteiger charge is 2.32. The normalized spacial score (nSPS) is 13.6. The van der Waals surface area contributed by atoms with Gasteiger partial charge in [-0.25, -0.2) is 4.79 Å². The quantitative estimate of drug-likeness (QED) is 0.00731. The predicted molar refractivity (Wildman–Crippen MR) is 238 cm³/mol. The van der Waals surface area contributed by atoms with Crippen molar-refractivity contribution in [3.63, 3.8) is 0 Å². The fourth-order valence-electron chi connectivity index (χ4n) is 6.84. The second kappa shape index (κ2) is 23.5. The molecule has 0 aromatic heterocycles. The number of nitrogen functional groups attached to an aromatic ring is 2. The van der Waals surface area contributed by atoms with Gasteiger partial charge in [-0.3, -0.25) is 0 Å². The topological polar surface area (TPSA) is 148 Å². The molecule has 0 aliphatic heterocycles. The molecule has 340 valence electrons. The van der Waals surface area contributed by atoms with Crippen molar-refractivity contribution in [3.8, 4) is 0 Å². The van der Waals surface area contributed by atoms with Crippen LogP contribution in [0.5, 0.6) is 0 Å². The van der Waals surface area contributed by atoms with Crippen LogP contribution in [0.25, 0.3) is 0 Å². The van der Waals surface area contributed by atoms with Crippen LogP contribution in [0.2, 0.25) is 0 Å². The molecule has 0 radical (unpaired) electrons. The molecule has 4 aromatic rings. The van der Waals surface area contributed by atoms with Crippen LogP contribution in [0.15, 0.2) is 132 Å². The second-order valence-corrected chi connectivity index (χ2v) is 14.6. The van der Waals surface area contributed by atoms with E-state index in [9.17, 15) is 31.1 Å². The first kappa shape index (κ1) is 49.7. The van der Waals surface area contributed by atoms with E-state index in [-0.39, 0.29) is 23.6 Å². The summed E-state index contributed by atoms with van der Waals surface area (Å²) in [6, 6.07) is 22.8. The number of rotatable bonds is 23. The third-order valence-corrected chi connectivity index (χ3v) is 9.84. The Hall–Kier alpha value is -5.97. The summed E-state index contributed by atoms with van der Waals surface area (Å²) in [5.41, 5.74) is 15.1. The number of nitrogens with one attached hydrogen (secondary N) is 5. The van der Waals surface area contributed by atoms with E-state index in [1.807, 2.05) is 19.1 Å². The third-order valence-electron chi connectivity index (χ3n) is 9.84. The van der Waals surface area contributed by atoms with Crippen molar-refractivity contribution < 1.29 is 40.6 Å². The van der Waals surface area contributed by atoms with Gasteiger partial charge in [-0.2, -0.15) is 26.3 Å². The van der Waals surface area contributed by atoms with Gasteiger partial charge in [-0.1, -0.05) is 43.0 Å². The van der Waals surface area contributed by atoms with Gasteiger partial charge in [0.25, 0.3) is 0 Å². The van der Waals surface area contributed by atoms with Crippen LogP contribution in [-0.2, 0) is 26.6 Å². The van der Waals surface area contributed by atoms with Crippen LogP contribution in [0.1, 0.15) is 74.9 Å². The molecule has 0 fully saturated rings. The van der Waals surface area contributed by atoms with E-state index in [1.54, 1.807) is 63.2 Å². The molecule has 4 rings (SSSR count). The number of hydrogen-bond acceptors (Lipinski definition) is 10. The van der Waals surface area contributed by atoms with E-state index in [0.29, 0.717) is 85.3 Å². The Bertz CT molecular complexity index is 2020.